The van der Waals surface area contributed by atoms with E-state index in [-0.39, 0.29) is 0 Å². The monoisotopic (exact) mass is 125 g/mol. The maximum Gasteiger partial charge on any atom is 0.334 e. The van der Waals surface area contributed by atoms with E-state index in [1.807, 2.05) is 0 Å². The second-order valence-electron chi connectivity index (χ2n) is 1.45. The Balaban J connectivity index is 4.07. The van der Waals surface area contributed by atoms with Gasteiger partial charge in [-0.1, -0.05) is 0 Å². The van der Waals surface area contributed by atoms with Crippen LogP contribution in [-0.2, 0) is 9.53 Å². The molecular weight excluding hydrogens is 118 g/mol. The fourth-order valence-electron chi connectivity index (χ4n) is 0.317. The average molecular weight is 125 g/mol. The van der Waals surface area contributed by atoms with Crippen molar-refractivity contribution in [2.75, 3.05) is 7.11 Å². The number of methoxy groups -OCH3 is 1. The standard InChI is InChI=1S/C6H7NO2/c1-5(3-4-7)6(8)9-2/h3H,1-2H3. The number of hydrogen-bond acceptors (Lipinski definition) is 3. The maximum atomic E-state index is 10.5. The van der Waals surface area contributed by atoms with E-state index in [1.54, 1.807) is 6.07 Å². The van der Waals surface area contributed by atoms with Crippen LogP contribution in [0.1, 0.15) is 6.92 Å². The van der Waals surface area contributed by atoms with Gasteiger partial charge in [0.15, 0.2) is 0 Å². The van der Waals surface area contributed by atoms with Crippen molar-refractivity contribution in [3.05, 3.63) is 11.6 Å². The fraction of sp³-hybridized carbons (Fsp3) is 0.333. The van der Waals surface area contributed by atoms with Gasteiger partial charge >= 0.3 is 5.97 Å². The molecule has 0 heterocycles. The van der Waals surface area contributed by atoms with Crippen LogP contribution in [-0.4, -0.2) is 13.1 Å². The summed E-state index contributed by atoms with van der Waals surface area (Å²) in [6.07, 6.45) is 1.14. The van der Waals surface area contributed by atoms with Crippen molar-refractivity contribution in [2.24, 2.45) is 0 Å². The van der Waals surface area contributed by atoms with Gasteiger partial charge in [-0.15, -0.1) is 0 Å². The molecule has 0 saturated heterocycles. The minimum atomic E-state index is -0.462. The number of nitriles is 1. The van der Waals surface area contributed by atoms with Gasteiger partial charge in [-0.05, 0) is 6.92 Å². The van der Waals surface area contributed by atoms with Gasteiger partial charge in [0, 0.05) is 11.6 Å². The molecule has 0 aliphatic rings. The molecule has 48 valence electrons. The van der Waals surface area contributed by atoms with Crippen molar-refractivity contribution in [3.8, 4) is 6.07 Å². The molecule has 3 heteroatoms. The number of rotatable bonds is 1. The lowest BCUT2D eigenvalue weighted by atomic mass is 10.3. The molecule has 0 fully saturated rings. The van der Waals surface area contributed by atoms with E-state index in [0.29, 0.717) is 5.57 Å². The van der Waals surface area contributed by atoms with E-state index in [2.05, 4.69) is 4.74 Å². The highest BCUT2D eigenvalue weighted by Gasteiger charge is 1.99. The minimum Gasteiger partial charge on any atom is -0.466 e. The van der Waals surface area contributed by atoms with E-state index in [0.717, 1.165) is 6.08 Å². The second-order valence-corrected chi connectivity index (χ2v) is 1.45. The Morgan fingerprint density at radius 3 is 2.67 bits per heavy atom. The highest BCUT2D eigenvalue weighted by Crippen LogP contribution is 1.92. The number of hydrogen-bond donors (Lipinski definition) is 0. The lowest BCUT2D eigenvalue weighted by Gasteiger charge is -1.92. The molecule has 0 spiro atoms. The largest absolute Gasteiger partial charge is 0.466 e. The van der Waals surface area contributed by atoms with Gasteiger partial charge in [0.05, 0.1) is 13.2 Å². The van der Waals surface area contributed by atoms with Crippen LogP contribution in [0.3, 0.4) is 0 Å². The second kappa shape index (κ2) is 3.67. The highest BCUT2D eigenvalue weighted by molar-refractivity contribution is 5.88. The number of ether oxygens (including phenoxy) is 1. The molecule has 0 radical (unpaired) electrons. The van der Waals surface area contributed by atoms with E-state index in [4.69, 9.17) is 5.26 Å². The fourth-order valence-corrected chi connectivity index (χ4v) is 0.317. The van der Waals surface area contributed by atoms with Gasteiger partial charge < -0.3 is 4.74 Å². The Hall–Kier alpha value is -1.30. The SMILES string of the molecule is COC(=O)C(C)=CC#N. The summed E-state index contributed by atoms with van der Waals surface area (Å²) in [6, 6.07) is 1.72. The van der Waals surface area contributed by atoms with Gasteiger partial charge in [0.25, 0.3) is 0 Å². The Morgan fingerprint density at radius 2 is 2.33 bits per heavy atom. The van der Waals surface area contributed by atoms with Crippen molar-refractivity contribution in [2.45, 2.75) is 6.92 Å². The number of carbonyl (C=O) groups excluding carboxylic acids is 1. The zero-order valence-electron chi connectivity index (χ0n) is 5.34. The molecule has 0 bridgehead atoms. The minimum absolute atomic E-state index is 0.319. The molecule has 0 atom stereocenters. The molecule has 0 rings (SSSR count). The highest BCUT2D eigenvalue weighted by atomic mass is 16.5. The normalized spacial score (nSPS) is 10.1. The molecule has 0 aromatic heterocycles. The molecular formula is C6H7NO2. The smallest absolute Gasteiger partial charge is 0.334 e. The molecule has 0 aliphatic heterocycles. The molecule has 0 aliphatic carbocycles. The zero-order chi connectivity index (χ0) is 7.28. The molecule has 3 nitrogen and oxygen atoms in total. The Kier molecular flexibility index (Phi) is 3.14. The van der Waals surface area contributed by atoms with Crippen LogP contribution in [0, 0.1) is 11.3 Å². The third-order valence-corrected chi connectivity index (χ3v) is 0.788. The van der Waals surface area contributed by atoms with Crippen LogP contribution in [0.4, 0.5) is 0 Å². The molecule has 0 unspecified atom stereocenters. The van der Waals surface area contributed by atoms with E-state index in [9.17, 15) is 4.79 Å². The number of carbonyl (C=O) groups is 1. The number of nitrogens with zero attached hydrogens (tertiary/aromatic N) is 1. The van der Waals surface area contributed by atoms with Crippen LogP contribution in [0.25, 0.3) is 0 Å². The summed E-state index contributed by atoms with van der Waals surface area (Å²) in [5.41, 5.74) is 0.319. The van der Waals surface area contributed by atoms with Crippen molar-refractivity contribution in [3.63, 3.8) is 0 Å². The van der Waals surface area contributed by atoms with E-state index < -0.39 is 5.97 Å². The quantitative estimate of drug-likeness (QED) is 0.293. The topological polar surface area (TPSA) is 50.1 Å². The summed E-state index contributed by atoms with van der Waals surface area (Å²) in [5, 5.41) is 8.05. The van der Waals surface area contributed by atoms with Crippen LogP contribution >= 0.6 is 0 Å². The molecule has 0 saturated carbocycles. The number of esters is 1. The Labute approximate surface area is 53.5 Å². The van der Waals surface area contributed by atoms with Crippen LogP contribution in [0.2, 0.25) is 0 Å². The van der Waals surface area contributed by atoms with Crippen molar-refractivity contribution >= 4 is 5.97 Å². The Morgan fingerprint density at radius 1 is 1.78 bits per heavy atom. The molecule has 0 amide bonds. The van der Waals surface area contributed by atoms with Crippen molar-refractivity contribution in [1.29, 1.82) is 5.26 Å². The average Bonchev–Trinajstić information content (AvgIpc) is 1.87. The molecule has 9 heavy (non-hydrogen) atoms. The van der Waals surface area contributed by atoms with Crippen molar-refractivity contribution in [1.82, 2.24) is 0 Å². The molecule has 0 N–H and O–H groups in total. The van der Waals surface area contributed by atoms with E-state index in [1.165, 1.54) is 14.0 Å². The lowest BCUT2D eigenvalue weighted by molar-refractivity contribution is -0.136. The first kappa shape index (κ1) is 7.70. The summed E-state index contributed by atoms with van der Waals surface area (Å²) in [6.45, 7) is 1.52. The first-order chi connectivity index (χ1) is 4.22. The van der Waals surface area contributed by atoms with E-state index >= 15 is 0 Å². The molecule has 0 aromatic rings. The summed E-state index contributed by atoms with van der Waals surface area (Å²) < 4.78 is 4.31. The summed E-state index contributed by atoms with van der Waals surface area (Å²) in [5.74, 6) is -0.462. The third-order valence-electron chi connectivity index (χ3n) is 0.788. The first-order valence-electron chi connectivity index (χ1n) is 2.37. The zero-order valence-corrected chi connectivity index (χ0v) is 5.34. The lowest BCUT2D eigenvalue weighted by Crippen LogP contribution is -2.00. The van der Waals surface area contributed by atoms with Gasteiger partial charge in [-0.3, -0.25) is 0 Å². The predicted molar refractivity (Wildman–Crippen MR) is 31.4 cm³/mol. The summed E-state index contributed by atoms with van der Waals surface area (Å²) in [4.78, 5) is 10.5. The predicted octanol–water partition coefficient (Wildman–Crippen LogP) is 0.629. The van der Waals surface area contributed by atoms with Crippen LogP contribution in [0.15, 0.2) is 11.6 Å². The van der Waals surface area contributed by atoms with Gasteiger partial charge in [-0.2, -0.15) is 5.26 Å². The van der Waals surface area contributed by atoms with Gasteiger partial charge in [0.2, 0.25) is 0 Å². The van der Waals surface area contributed by atoms with Crippen LogP contribution in [0.5, 0.6) is 0 Å². The van der Waals surface area contributed by atoms with Crippen LogP contribution < -0.4 is 0 Å². The Bertz CT molecular complexity index is 176. The van der Waals surface area contributed by atoms with Gasteiger partial charge in [0.1, 0.15) is 0 Å². The first-order valence-corrected chi connectivity index (χ1v) is 2.37. The summed E-state index contributed by atoms with van der Waals surface area (Å²) in [7, 11) is 1.27. The summed E-state index contributed by atoms with van der Waals surface area (Å²) >= 11 is 0. The molecule has 0 aromatic carbocycles. The number of allylic oxidation sites excluding steroid dienone is 1. The van der Waals surface area contributed by atoms with Gasteiger partial charge in [-0.25, -0.2) is 4.79 Å². The third kappa shape index (κ3) is 2.50. The maximum absolute atomic E-state index is 10.5. The van der Waals surface area contributed by atoms with Crippen molar-refractivity contribution < 1.29 is 9.53 Å².